The van der Waals surface area contributed by atoms with Gasteiger partial charge in [-0.2, -0.15) is 4.98 Å². The summed E-state index contributed by atoms with van der Waals surface area (Å²) in [6.07, 6.45) is 2.79. The SMILES string of the molecule is CCCNC(C)CCc1nc(-c2ccc(F)c(Br)c2)no1. The molecule has 0 saturated carbocycles. The second-order valence-electron chi connectivity index (χ2n) is 5.03. The Labute approximate surface area is 132 Å². The molecule has 1 heterocycles. The van der Waals surface area contributed by atoms with Crippen LogP contribution < -0.4 is 5.32 Å². The molecule has 4 nitrogen and oxygen atoms in total. The summed E-state index contributed by atoms with van der Waals surface area (Å²) in [5.41, 5.74) is 0.732. The molecule has 0 saturated heterocycles. The van der Waals surface area contributed by atoms with Crippen molar-refractivity contribution in [2.24, 2.45) is 0 Å². The third kappa shape index (κ3) is 4.61. The van der Waals surface area contributed by atoms with Gasteiger partial charge in [-0.15, -0.1) is 0 Å². The molecule has 1 atom stereocenters. The van der Waals surface area contributed by atoms with Crippen molar-refractivity contribution < 1.29 is 8.91 Å². The molecule has 6 heteroatoms. The summed E-state index contributed by atoms with van der Waals surface area (Å²) in [7, 11) is 0. The first-order valence-electron chi connectivity index (χ1n) is 7.11. The number of nitrogens with zero attached hydrogens (tertiary/aromatic N) is 2. The first-order chi connectivity index (χ1) is 10.1. The van der Waals surface area contributed by atoms with Gasteiger partial charge in [0.15, 0.2) is 0 Å². The summed E-state index contributed by atoms with van der Waals surface area (Å²) in [4.78, 5) is 4.35. The molecular formula is C15H19BrFN3O. The average molecular weight is 356 g/mol. The number of aromatic nitrogens is 2. The van der Waals surface area contributed by atoms with E-state index in [-0.39, 0.29) is 5.82 Å². The minimum Gasteiger partial charge on any atom is -0.339 e. The van der Waals surface area contributed by atoms with Crippen LogP contribution in [-0.2, 0) is 6.42 Å². The number of hydrogen-bond acceptors (Lipinski definition) is 4. The van der Waals surface area contributed by atoms with E-state index in [4.69, 9.17) is 4.52 Å². The first kappa shape index (κ1) is 16.1. The van der Waals surface area contributed by atoms with Crippen molar-refractivity contribution in [1.82, 2.24) is 15.5 Å². The standard InChI is InChI=1S/C15H19BrFN3O/c1-3-8-18-10(2)4-7-14-19-15(20-21-14)11-5-6-13(17)12(16)9-11/h5-6,9-10,18H,3-4,7-8H2,1-2H3. The van der Waals surface area contributed by atoms with Crippen LogP contribution in [0.4, 0.5) is 4.39 Å². The van der Waals surface area contributed by atoms with E-state index in [2.05, 4.69) is 45.2 Å². The summed E-state index contributed by atoms with van der Waals surface area (Å²) in [5, 5.41) is 7.36. The third-order valence-electron chi connectivity index (χ3n) is 3.18. The maximum Gasteiger partial charge on any atom is 0.227 e. The van der Waals surface area contributed by atoms with Crippen LogP contribution in [-0.4, -0.2) is 22.7 Å². The molecule has 114 valence electrons. The Bertz CT molecular complexity index is 588. The van der Waals surface area contributed by atoms with Crippen molar-refractivity contribution in [2.45, 2.75) is 39.2 Å². The number of aryl methyl sites for hydroxylation is 1. The lowest BCUT2D eigenvalue weighted by Gasteiger charge is -2.10. The second-order valence-corrected chi connectivity index (χ2v) is 5.89. The van der Waals surface area contributed by atoms with Crippen molar-refractivity contribution in [1.29, 1.82) is 0 Å². The average Bonchev–Trinajstić information content (AvgIpc) is 2.94. The molecule has 0 aliphatic carbocycles. The van der Waals surface area contributed by atoms with E-state index in [1.54, 1.807) is 12.1 Å². The predicted molar refractivity (Wildman–Crippen MR) is 83.5 cm³/mol. The van der Waals surface area contributed by atoms with Gasteiger partial charge in [0.2, 0.25) is 11.7 Å². The zero-order valence-corrected chi connectivity index (χ0v) is 13.8. The summed E-state index contributed by atoms with van der Waals surface area (Å²) >= 11 is 3.15. The molecule has 1 N–H and O–H groups in total. The lowest BCUT2D eigenvalue weighted by atomic mass is 10.2. The van der Waals surface area contributed by atoms with Gasteiger partial charge in [-0.05, 0) is 60.4 Å². The molecule has 1 aromatic heterocycles. The monoisotopic (exact) mass is 355 g/mol. The van der Waals surface area contributed by atoms with Gasteiger partial charge in [0.05, 0.1) is 4.47 Å². The van der Waals surface area contributed by atoms with Crippen LogP contribution in [0, 0.1) is 5.82 Å². The van der Waals surface area contributed by atoms with Gasteiger partial charge in [0.25, 0.3) is 0 Å². The van der Waals surface area contributed by atoms with E-state index in [0.717, 1.165) is 31.4 Å². The van der Waals surface area contributed by atoms with Crippen molar-refractivity contribution in [2.75, 3.05) is 6.54 Å². The Morgan fingerprint density at radius 3 is 2.95 bits per heavy atom. The molecule has 0 spiro atoms. The van der Waals surface area contributed by atoms with Crippen LogP contribution in [0.2, 0.25) is 0 Å². The molecule has 0 aliphatic heterocycles. The van der Waals surface area contributed by atoms with Crippen LogP contribution in [0.3, 0.4) is 0 Å². The van der Waals surface area contributed by atoms with Crippen LogP contribution in [0.25, 0.3) is 11.4 Å². The first-order valence-corrected chi connectivity index (χ1v) is 7.91. The van der Waals surface area contributed by atoms with E-state index >= 15 is 0 Å². The Kier molecular flexibility index (Phi) is 5.87. The highest BCUT2D eigenvalue weighted by Gasteiger charge is 2.11. The van der Waals surface area contributed by atoms with Gasteiger partial charge in [0.1, 0.15) is 5.82 Å². The fraction of sp³-hybridized carbons (Fsp3) is 0.467. The zero-order chi connectivity index (χ0) is 15.2. The Morgan fingerprint density at radius 1 is 1.43 bits per heavy atom. The molecule has 0 aliphatic rings. The molecule has 0 bridgehead atoms. The summed E-state index contributed by atoms with van der Waals surface area (Å²) in [5.74, 6) is 0.786. The molecular weight excluding hydrogens is 337 g/mol. The fourth-order valence-corrected chi connectivity index (χ4v) is 2.32. The quantitative estimate of drug-likeness (QED) is 0.816. The number of nitrogens with one attached hydrogen (secondary N) is 1. The zero-order valence-electron chi connectivity index (χ0n) is 12.2. The third-order valence-corrected chi connectivity index (χ3v) is 3.79. The highest BCUT2D eigenvalue weighted by molar-refractivity contribution is 9.10. The molecule has 0 radical (unpaired) electrons. The van der Waals surface area contributed by atoms with E-state index < -0.39 is 0 Å². The van der Waals surface area contributed by atoms with Gasteiger partial charge >= 0.3 is 0 Å². The minimum absolute atomic E-state index is 0.307. The molecule has 21 heavy (non-hydrogen) atoms. The molecule has 1 aromatic carbocycles. The maximum atomic E-state index is 13.2. The number of benzene rings is 1. The lowest BCUT2D eigenvalue weighted by molar-refractivity contribution is 0.367. The highest BCUT2D eigenvalue weighted by atomic mass is 79.9. The van der Waals surface area contributed by atoms with Crippen LogP contribution in [0.1, 0.15) is 32.6 Å². The van der Waals surface area contributed by atoms with Crippen LogP contribution in [0.5, 0.6) is 0 Å². The van der Waals surface area contributed by atoms with Crippen LogP contribution >= 0.6 is 15.9 Å². The lowest BCUT2D eigenvalue weighted by Crippen LogP contribution is -2.27. The predicted octanol–water partition coefficient (Wildman–Crippen LogP) is 3.96. The smallest absolute Gasteiger partial charge is 0.227 e. The molecule has 0 amide bonds. The molecule has 2 rings (SSSR count). The van der Waals surface area contributed by atoms with E-state index in [0.29, 0.717) is 22.2 Å². The Hall–Kier alpha value is -1.27. The number of hydrogen-bond donors (Lipinski definition) is 1. The Morgan fingerprint density at radius 2 is 2.24 bits per heavy atom. The maximum absolute atomic E-state index is 13.2. The number of halogens is 2. The van der Waals surface area contributed by atoms with Crippen molar-refractivity contribution in [3.8, 4) is 11.4 Å². The largest absolute Gasteiger partial charge is 0.339 e. The van der Waals surface area contributed by atoms with Gasteiger partial charge in [-0.25, -0.2) is 4.39 Å². The van der Waals surface area contributed by atoms with Crippen molar-refractivity contribution >= 4 is 15.9 Å². The van der Waals surface area contributed by atoms with Gasteiger partial charge in [-0.1, -0.05) is 12.1 Å². The van der Waals surface area contributed by atoms with E-state index in [9.17, 15) is 4.39 Å². The van der Waals surface area contributed by atoms with E-state index in [1.807, 2.05) is 0 Å². The van der Waals surface area contributed by atoms with Crippen molar-refractivity contribution in [3.63, 3.8) is 0 Å². The highest BCUT2D eigenvalue weighted by Crippen LogP contribution is 2.23. The normalized spacial score (nSPS) is 12.6. The summed E-state index contributed by atoms with van der Waals surface area (Å²) < 4.78 is 18.9. The summed E-state index contributed by atoms with van der Waals surface area (Å²) in [6, 6.07) is 5.09. The van der Waals surface area contributed by atoms with Gasteiger partial charge in [0, 0.05) is 18.0 Å². The topological polar surface area (TPSA) is 51.0 Å². The fourth-order valence-electron chi connectivity index (χ4n) is 1.94. The Balaban J connectivity index is 1.96. The van der Waals surface area contributed by atoms with Crippen LogP contribution in [0.15, 0.2) is 27.2 Å². The minimum atomic E-state index is -0.307. The number of rotatable bonds is 7. The van der Waals surface area contributed by atoms with Gasteiger partial charge in [-0.3, -0.25) is 0 Å². The molecule has 0 fully saturated rings. The van der Waals surface area contributed by atoms with Crippen molar-refractivity contribution in [3.05, 3.63) is 34.4 Å². The van der Waals surface area contributed by atoms with E-state index in [1.165, 1.54) is 6.07 Å². The van der Waals surface area contributed by atoms with Gasteiger partial charge < -0.3 is 9.84 Å². The second kappa shape index (κ2) is 7.66. The summed E-state index contributed by atoms with van der Waals surface area (Å²) in [6.45, 7) is 5.30. The molecule has 2 aromatic rings. The molecule has 1 unspecified atom stereocenters.